The molecule has 0 atom stereocenters. The van der Waals surface area contributed by atoms with Gasteiger partial charge in [-0.25, -0.2) is 13.4 Å². The van der Waals surface area contributed by atoms with Gasteiger partial charge in [0.05, 0.1) is 18.9 Å². The minimum absolute atomic E-state index is 0.244. The summed E-state index contributed by atoms with van der Waals surface area (Å²) < 4.78 is 31.3. The lowest BCUT2D eigenvalue weighted by Gasteiger charge is -2.15. The first-order valence-corrected chi connectivity index (χ1v) is 9.32. The molecule has 22 heavy (non-hydrogen) atoms. The van der Waals surface area contributed by atoms with Crippen LogP contribution in [0.1, 0.15) is 12.8 Å². The van der Waals surface area contributed by atoms with Crippen LogP contribution in [-0.4, -0.2) is 51.3 Å². The fraction of sp³-hybridized carbons (Fsp3) is 0.538. The molecule has 0 fully saturated rings. The van der Waals surface area contributed by atoms with Crippen LogP contribution in [0, 0.1) is 11.3 Å². The van der Waals surface area contributed by atoms with Gasteiger partial charge in [0.15, 0.2) is 0 Å². The van der Waals surface area contributed by atoms with Crippen LogP contribution in [0.3, 0.4) is 0 Å². The van der Waals surface area contributed by atoms with Gasteiger partial charge in [-0.1, -0.05) is 0 Å². The number of halogens is 1. The lowest BCUT2D eigenvalue weighted by Crippen LogP contribution is -2.22. The summed E-state index contributed by atoms with van der Waals surface area (Å²) in [6.45, 7) is 1.91. The minimum atomic E-state index is -3.40. The number of nitrogens with one attached hydrogen (secondary N) is 1. The van der Waals surface area contributed by atoms with Crippen molar-refractivity contribution < 1.29 is 13.2 Å². The van der Waals surface area contributed by atoms with Crippen LogP contribution >= 0.6 is 15.9 Å². The van der Waals surface area contributed by atoms with Gasteiger partial charge in [0.1, 0.15) is 5.69 Å². The van der Waals surface area contributed by atoms with E-state index in [-0.39, 0.29) is 5.88 Å². The van der Waals surface area contributed by atoms with Crippen LogP contribution in [0.5, 0.6) is 5.88 Å². The van der Waals surface area contributed by atoms with E-state index >= 15 is 0 Å². The third kappa shape index (κ3) is 7.59. The predicted octanol–water partition coefficient (Wildman–Crippen LogP) is 1.83. The average Bonchev–Trinajstić information content (AvgIpc) is 2.41. The third-order valence-corrected chi connectivity index (χ3v) is 3.67. The standard InChI is InChI=1S/C13H19BrN4O3S/c1-18(6-3-5-15)7-4-8-21-13-12(17-22(2,19)20)9-11(14)10-16-13/h9-10,17H,3-4,6-8H2,1-2H3. The number of rotatable bonds is 9. The molecule has 1 aromatic rings. The Kier molecular flexibility index (Phi) is 7.58. The number of ether oxygens (including phenoxy) is 1. The highest BCUT2D eigenvalue weighted by atomic mass is 79.9. The molecule has 122 valence electrons. The van der Waals surface area contributed by atoms with Crippen molar-refractivity contribution in [3.05, 3.63) is 16.7 Å². The second kappa shape index (κ2) is 8.92. The molecule has 7 nitrogen and oxygen atoms in total. The lowest BCUT2D eigenvalue weighted by molar-refractivity contribution is 0.260. The number of anilines is 1. The largest absolute Gasteiger partial charge is 0.476 e. The molecule has 0 bridgehead atoms. The molecule has 1 heterocycles. The van der Waals surface area contributed by atoms with Crippen LogP contribution in [0.25, 0.3) is 0 Å². The first-order chi connectivity index (χ1) is 10.3. The van der Waals surface area contributed by atoms with Crippen LogP contribution in [0.15, 0.2) is 16.7 Å². The molecular weight excluding hydrogens is 372 g/mol. The van der Waals surface area contributed by atoms with E-state index in [1.54, 1.807) is 12.3 Å². The van der Waals surface area contributed by atoms with Crippen LogP contribution in [-0.2, 0) is 10.0 Å². The van der Waals surface area contributed by atoms with Gasteiger partial charge in [-0.15, -0.1) is 0 Å². The Morgan fingerprint density at radius 2 is 2.23 bits per heavy atom. The Bertz CT molecular complexity index is 631. The topological polar surface area (TPSA) is 95.3 Å². The highest BCUT2D eigenvalue weighted by Crippen LogP contribution is 2.26. The Labute approximate surface area is 139 Å². The second-order valence-electron chi connectivity index (χ2n) is 4.79. The molecule has 9 heteroatoms. The highest BCUT2D eigenvalue weighted by Gasteiger charge is 2.11. The van der Waals surface area contributed by atoms with Crippen molar-refractivity contribution in [2.45, 2.75) is 12.8 Å². The molecule has 0 aliphatic rings. The molecule has 1 aromatic heterocycles. The molecule has 0 unspecified atom stereocenters. The van der Waals surface area contributed by atoms with Crippen LogP contribution in [0.2, 0.25) is 0 Å². The average molecular weight is 391 g/mol. The van der Waals surface area contributed by atoms with Crippen molar-refractivity contribution in [2.24, 2.45) is 0 Å². The highest BCUT2D eigenvalue weighted by molar-refractivity contribution is 9.10. The first-order valence-electron chi connectivity index (χ1n) is 6.63. The van der Waals surface area contributed by atoms with Crippen molar-refractivity contribution in [1.82, 2.24) is 9.88 Å². The predicted molar refractivity (Wildman–Crippen MR) is 88.2 cm³/mol. The van der Waals surface area contributed by atoms with Gasteiger partial charge in [-0.3, -0.25) is 4.72 Å². The maximum atomic E-state index is 11.3. The Morgan fingerprint density at radius 3 is 2.86 bits per heavy atom. The number of hydrogen-bond donors (Lipinski definition) is 1. The Balaban J connectivity index is 2.54. The molecule has 0 saturated heterocycles. The molecule has 0 amide bonds. The monoisotopic (exact) mass is 390 g/mol. The lowest BCUT2D eigenvalue weighted by atomic mass is 10.3. The summed E-state index contributed by atoms with van der Waals surface area (Å²) in [7, 11) is -1.46. The number of sulfonamides is 1. The van der Waals surface area contributed by atoms with E-state index in [2.05, 4.69) is 31.7 Å². The van der Waals surface area contributed by atoms with Gasteiger partial charge >= 0.3 is 0 Å². The Morgan fingerprint density at radius 1 is 1.50 bits per heavy atom. The summed E-state index contributed by atoms with van der Waals surface area (Å²) in [6, 6.07) is 3.70. The van der Waals surface area contributed by atoms with Gasteiger partial charge in [0.2, 0.25) is 15.9 Å². The smallest absolute Gasteiger partial charge is 0.238 e. The van der Waals surface area contributed by atoms with Crippen molar-refractivity contribution in [3.63, 3.8) is 0 Å². The van der Waals surface area contributed by atoms with E-state index in [1.807, 2.05) is 11.9 Å². The number of nitrogens with zero attached hydrogens (tertiary/aromatic N) is 3. The van der Waals surface area contributed by atoms with E-state index in [0.29, 0.717) is 29.7 Å². The Hall–Kier alpha value is -1.37. The van der Waals surface area contributed by atoms with E-state index in [1.165, 1.54) is 0 Å². The third-order valence-electron chi connectivity index (χ3n) is 2.64. The summed E-state index contributed by atoms with van der Waals surface area (Å²) in [6.07, 6.45) is 3.86. The molecule has 0 aliphatic heterocycles. The quantitative estimate of drug-likeness (QED) is 0.646. The molecule has 1 N–H and O–H groups in total. The van der Waals surface area contributed by atoms with Gasteiger partial charge in [-0.05, 0) is 35.5 Å². The molecule has 0 radical (unpaired) electrons. The van der Waals surface area contributed by atoms with E-state index in [0.717, 1.165) is 19.2 Å². The first kappa shape index (κ1) is 18.7. The van der Waals surface area contributed by atoms with E-state index in [4.69, 9.17) is 10.00 Å². The maximum Gasteiger partial charge on any atom is 0.238 e. The van der Waals surface area contributed by atoms with E-state index < -0.39 is 10.0 Å². The SMILES string of the molecule is CN(CCC#N)CCCOc1ncc(Br)cc1NS(C)(=O)=O. The van der Waals surface area contributed by atoms with Crippen molar-refractivity contribution in [2.75, 3.05) is 37.7 Å². The van der Waals surface area contributed by atoms with Crippen molar-refractivity contribution >= 4 is 31.6 Å². The zero-order valence-corrected chi connectivity index (χ0v) is 14.9. The molecule has 0 aromatic carbocycles. The van der Waals surface area contributed by atoms with E-state index in [9.17, 15) is 8.42 Å². The van der Waals surface area contributed by atoms with Gasteiger partial charge in [0.25, 0.3) is 0 Å². The second-order valence-corrected chi connectivity index (χ2v) is 7.46. The summed E-state index contributed by atoms with van der Waals surface area (Å²) >= 11 is 3.24. The fourth-order valence-electron chi connectivity index (χ4n) is 1.67. The molecule has 0 spiro atoms. The molecule has 0 saturated carbocycles. The summed E-state index contributed by atoms with van der Waals surface area (Å²) in [5.74, 6) is 0.244. The summed E-state index contributed by atoms with van der Waals surface area (Å²) in [5.41, 5.74) is 0.301. The fourth-order valence-corrected chi connectivity index (χ4v) is 2.55. The molecule has 1 rings (SSSR count). The van der Waals surface area contributed by atoms with Gasteiger partial charge < -0.3 is 9.64 Å². The summed E-state index contributed by atoms with van der Waals surface area (Å²) in [5, 5.41) is 8.51. The number of nitriles is 1. The number of pyridine rings is 1. The molecular formula is C13H19BrN4O3S. The van der Waals surface area contributed by atoms with Crippen LogP contribution in [0.4, 0.5) is 5.69 Å². The number of aromatic nitrogens is 1. The van der Waals surface area contributed by atoms with Crippen molar-refractivity contribution in [1.29, 1.82) is 5.26 Å². The van der Waals surface area contributed by atoms with Crippen LogP contribution < -0.4 is 9.46 Å². The maximum absolute atomic E-state index is 11.3. The minimum Gasteiger partial charge on any atom is -0.476 e. The zero-order chi connectivity index (χ0) is 16.6. The number of hydrogen-bond acceptors (Lipinski definition) is 6. The normalized spacial score (nSPS) is 11.2. The zero-order valence-electron chi connectivity index (χ0n) is 12.5. The van der Waals surface area contributed by atoms with Gasteiger partial charge in [-0.2, -0.15) is 5.26 Å². The molecule has 0 aliphatic carbocycles. The van der Waals surface area contributed by atoms with Crippen molar-refractivity contribution in [3.8, 4) is 11.9 Å². The summed E-state index contributed by atoms with van der Waals surface area (Å²) in [4.78, 5) is 6.11. The van der Waals surface area contributed by atoms with Gasteiger partial charge in [0, 0.05) is 30.2 Å².